The van der Waals surface area contributed by atoms with E-state index in [9.17, 15) is 0 Å². The fraction of sp³-hybridized carbons (Fsp3) is 1.00. The second-order valence-corrected chi connectivity index (χ2v) is 6.48. The van der Waals surface area contributed by atoms with Crippen LogP contribution in [0.25, 0.3) is 0 Å². The molecule has 3 unspecified atom stereocenters. The van der Waals surface area contributed by atoms with Gasteiger partial charge in [0.25, 0.3) is 0 Å². The third-order valence-electron chi connectivity index (χ3n) is 4.88. The van der Waals surface area contributed by atoms with Crippen molar-refractivity contribution in [1.29, 1.82) is 0 Å². The smallest absolute Gasteiger partial charge is 0.0347 e. The first-order valence-electron chi connectivity index (χ1n) is 7.30. The van der Waals surface area contributed by atoms with Gasteiger partial charge in [-0.3, -0.25) is 14.7 Å². The molecule has 4 heteroatoms. The minimum absolute atomic E-state index is 0.681. The van der Waals surface area contributed by atoms with Crippen molar-refractivity contribution in [3.63, 3.8) is 0 Å². The zero-order valence-electron chi connectivity index (χ0n) is 12.8. The minimum Gasteiger partial charge on any atom is -0.303 e. The Morgan fingerprint density at radius 3 is 2.11 bits per heavy atom. The molecule has 4 nitrogen and oxygen atoms in total. The number of hydrogen-bond donors (Lipinski definition) is 0. The Morgan fingerprint density at radius 2 is 1.50 bits per heavy atom. The van der Waals surface area contributed by atoms with E-state index in [4.69, 9.17) is 0 Å². The molecule has 2 fully saturated rings. The van der Waals surface area contributed by atoms with Gasteiger partial charge in [-0.05, 0) is 35.0 Å². The third kappa shape index (κ3) is 3.23. The highest BCUT2D eigenvalue weighted by Crippen LogP contribution is 2.15. The summed E-state index contributed by atoms with van der Waals surface area (Å²) < 4.78 is 0. The van der Waals surface area contributed by atoms with Gasteiger partial charge in [-0.2, -0.15) is 0 Å². The third-order valence-corrected chi connectivity index (χ3v) is 4.88. The highest BCUT2D eigenvalue weighted by molar-refractivity contribution is 4.87. The highest BCUT2D eigenvalue weighted by atomic mass is 15.3. The summed E-state index contributed by atoms with van der Waals surface area (Å²) in [6.07, 6.45) is 0. The van der Waals surface area contributed by atoms with Crippen LogP contribution >= 0.6 is 0 Å². The van der Waals surface area contributed by atoms with Gasteiger partial charge in [0.2, 0.25) is 0 Å². The van der Waals surface area contributed by atoms with E-state index >= 15 is 0 Å². The molecule has 18 heavy (non-hydrogen) atoms. The predicted molar refractivity (Wildman–Crippen MR) is 77.0 cm³/mol. The lowest BCUT2D eigenvalue weighted by Crippen LogP contribution is -2.60. The van der Waals surface area contributed by atoms with Gasteiger partial charge < -0.3 is 4.90 Å². The van der Waals surface area contributed by atoms with Gasteiger partial charge in [0.05, 0.1) is 0 Å². The molecular weight excluding hydrogens is 224 g/mol. The topological polar surface area (TPSA) is 13.0 Å². The molecule has 2 heterocycles. The molecular formula is C14H30N4. The highest BCUT2D eigenvalue weighted by Gasteiger charge is 2.30. The SMILES string of the molecule is CC1CN(CC2CN(C)CCN2C)CC(C)N1C. The maximum absolute atomic E-state index is 2.66. The normalized spacial score (nSPS) is 38.2. The van der Waals surface area contributed by atoms with E-state index in [1.807, 2.05) is 0 Å². The minimum atomic E-state index is 0.681. The molecule has 0 amide bonds. The summed E-state index contributed by atoms with van der Waals surface area (Å²) in [5, 5.41) is 0. The summed E-state index contributed by atoms with van der Waals surface area (Å²) in [4.78, 5) is 10.2. The second-order valence-electron chi connectivity index (χ2n) is 6.48. The summed E-state index contributed by atoms with van der Waals surface area (Å²) in [6.45, 7) is 12.0. The van der Waals surface area contributed by atoms with E-state index in [2.05, 4.69) is 54.6 Å². The van der Waals surface area contributed by atoms with Crippen LogP contribution in [0, 0.1) is 0 Å². The number of likely N-dealkylation sites (N-methyl/N-ethyl adjacent to an activating group) is 3. The zero-order chi connectivity index (χ0) is 13.3. The fourth-order valence-electron chi connectivity index (χ4n) is 3.26. The van der Waals surface area contributed by atoms with Crippen LogP contribution in [0.15, 0.2) is 0 Å². The summed E-state index contributed by atoms with van der Waals surface area (Å²) in [5.41, 5.74) is 0. The molecule has 0 aromatic rings. The van der Waals surface area contributed by atoms with E-state index in [1.165, 1.54) is 39.3 Å². The van der Waals surface area contributed by atoms with Crippen molar-refractivity contribution in [3.8, 4) is 0 Å². The Labute approximate surface area is 113 Å². The van der Waals surface area contributed by atoms with Crippen LogP contribution in [0.1, 0.15) is 13.8 Å². The van der Waals surface area contributed by atoms with E-state index in [0.717, 1.165) is 0 Å². The second kappa shape index (κ2) is 5.87. The van der Waals surface area contributed by atoms with Crippen molar-refractivity contribution < 1.29 is 0 Å². The molecule has 2 rings (SSSR count). The van der Waals surface area contributed by atoms with Crippen LogP contribution in [-0.2, 0) is 0 Å². The maximum Gasteiger partial charge on any atom is 0.0347 e. The van der Waals surface area contributed by atoms with Gasteiger partial charge in [0, 0.05) is 57.4 Å². The van der Waals surface area contributed by atoms with Crippen LogP contribution in [-0.4, -0.2) is 98.1 Å². The van der Waals surface area contributed by atoms with E-state index < -0.39 is 0 Å². The molecule has 0 saturated carbocycles. The molecule has 2 aliphatic heterocycles. The first kappa shape index (κ1) is 14.3. The molecule has 0 aromatic heterocycles. The summed E-state index contributed by atoms with van der Waals surface area (Å²) >= 11 is 0. The van der Waals surface area contributed by atoms with Gasteiger partial charge in [-0.25, -0.2) is 0 Å². The van der Waals surface area contributed by atoms with E-state index in [0.29, 0.717) is 18.1 Å². The number of nitrogens with zero attached hydrogens (tertiary/aromatic N) is 4. The largest absolute Gasteiger partial charge is 0.303 e. The summed E-state index contributed by atoms with van der Waals surface area (Å²) in [7, 11) is 6.78. The van der Waals surface area contributed by atoms with Crippen molar-refractivity contribution in [3.05, 3.63) is 0 Å². The van der Waals surface area contributed by atoms with Crippen molar-refractivity contribution in [2.45, 2.75) is 32.0 Å². The molecule has 106 valence electrons. The number of hydrogen-bond acceptors (Lipinski definition) is 4. The Hall–Kier alpha value is -0.160. The first-order valence-corrected chi connectivity index (χ1v) is 7.30. The van der Waals surface area contributed by atoms with Crippen LogP contribution in [0.5, 0.6) is 0 Å². The molecule has 0 aromatic carbocycles. The molecule has 0 spiro atoms. The molecule has 2 aliphatic rings. The Kier molecular flexibility index (Phi) is 4.64. The molecule has 0 N–H and O–H groups in total. The lowest BCUT2D eigenvalue weighted by atomic mass is 10.1. The molecule has 3 atom stereocenters. The van der Waals surface area contributed by atoms with Crippen LogP contribution in [0.2, 0.25) is 0 Å². The average Bonchev–Trinajstić information content (AvgIpc) is 2.31. The summed E-state index contributed by atoms with van der Waals surface area (Å²) in [6, 6.07) is 2.06. The Morgan fingerprint density at radius 1 is 0.889 bits per heavy atom. The van der Waals surface area contributed by atoms with Crippen molar-refractivity contribution in [2.24, 2.45) is 0 Å². The van der Waals surface area contributed by atoms with Gasteiger partial charge in [0.15, 0.2) is 0 Å². The number of rotatable bonds is 2. The monoisotopic (exact) mass is 254 g/mol. The van der Waals surface area contributed by atoms with Crippen LogP contribution < -0.4 is 0 Å². The van der Waals surface area contributed by atoms with E-state index in [-0.39, 0.29) is 0 Å². The Balaban J connectivity index is 1.89. The van der Waals surface area contributed by atoms with Gasteiger partial charge >= 0.3 is 0 Å². The van der Waals surface area contributed by atoms with Crippen LogP contribution in [0.3, 0.4) is 0 Å². The Bertz CT molecular complexity index is 259. The molecule has 0 radical (unpaired) electrons. The fourth-order valence-corrected chi connectivity index (χ4v) is 3.26. The molecule has 0 bridgehead atoms. The first-order chi connectivity index (χ1) is 8.47. The summed E-state index contributed by atoms with van der Waals surface area (Å²) in [5.74, 6) is 0. The van der Waals surface area contributed by atoms with Crippen molar-refractivity contribution >= 4 is 0 Å². The standard InChI is InChI=1S/C14H30N4/c1-12-8-18(9-13(2)17(12)5)11-14-10-15(3)6-7-16(14)4/h12-14H,6-11H2,1-5H3. The van der Waals surface area contributed by atoms with Crippen molar-refractivity contribution in [1.82, 2.24) is 19.6 Å². The molecule has 0 aliphatic carbocycles. The maximum atomic E-state index is 2.66. The van der Waals surface area contributed by atoms with Crippen molar-refractivity contribution in [2.75, 3.05) is 60.4 Å². The van der Waals surface area contributed by atoms with Crippen LogP contribution in [0.4, 0.5) is 0 Å². The van der Waals surface area contributed by atoms with Gasteiger partial charge in [0.1, 0.15) is 0 Å². The molecule has 2 saturated heterocycles. The lowest BCUT2D eigenvalue weighted by Gasteiger charge is -2.46. The quantitative estimate of drug-likeness (QED) is 0.701. The lowest BCUT2D eigenvalue weighted by molar-refractivity contribution is 0.0254. The van der Waals surface area contributed by atoms with E-state index in [1.54, 1.807) is 0 Å². The van der Waals surface area contributed by atoms with Gasteiger partial charge in [-0.1, -0.05) is 0 Å². The predicted octanol–water partition coefficient (Wildman–Crippen LogP) is 0.257. The average molecular weight is 254 g/mol. The zero-order valence-corrected chi connectivity index (χ0v) is 12.8. The number of piperazine rings is 2. The van der Waals surface area contributed by atoms with Gasteiger partial charge in [-0.15, -0.1) is 0 Å².